The van der Waals surface area contributed by atoms with Gasteiger partial charge < -0.3 is 24.4 Å². The summed E-state index contributed by atoms with van der Waals surface area (Å²) in [5, 5.41) is 19.4. The lowest BCUT2D eigenvalue weighted by molar-refractivity contribution is -0.145. The van der Waals surface area contributed by atoms with Crippen molar-refractivity contribution in [1.29, 1.82) is 0 Å². The molecule has 1 aromatic heterocycles. The van der Waals surface area contributed by atoms with Crippen molar-refractivity contribution in [1.82, 2.24) is 14.9 Å². The fourth-order valence-electron chi connectivity index (χ4n) is 3.41. The fraction of sp³-hybridized carbons (Fsp3) is 0.737. The molecule has 0 aliphatic carbocycles. The van der Waals surface area contributed by atoms with E-state index in [1.807, 2.05) is 27.7 Å². The van der Waals surface area contributed by atoms with Gasteiger partial charge in [-0.05, 0) is 47.0 Å². The predicted molar refractivity (Wildman–Crippen MR) is 111 cm³/mol. The SMILES string of the molecule is CC1(C)OB(c2cnc(SC[C@@H]3CCCCN3C(=O)[C@H](O)CO)nc2)OC1(C)C. The first-order chi connectivity index (χ1) is 13.6. The molecule has 2 aliphatic rings. The minimum Gasteiger partial charge on any atom is -0.399 e. The van der Waals surface area contributed by atoms with Crippen molar-refractivity contribution >= 4 is 30.3 Å². The summed E-state index contributed by atoms with van der Waals surface area (Å²) in [4.78, 5) is 22.8. The Morgan fingerprint density at radius 3 is 2.48 bits per heavy atom. The van der Waals surface area contributed by atoms with Gasteiger partial charge in [-0.25, -0.2) is 9.97 Å². The lowest BCUT2D eigenvalue weighted by Gasteiger charge is -2.36. The molecule has 2 N–H and O–H groups in total. The van der Waals surface area contributed by atoms with Crippen LogP contribution in [0.3, 0.4) is 0 Å². The quantitative estimate of drug-likeness (QED) is 0.390. The monoisotopic (exact) mass is 423 g/mol. The number of aliphatic hydroxyl groups excluding tert-OH is 2. The van der Waals surface area contributed by atoms with Crippen LogP contribution in [-0.4, -0.2) is 80.4 Å². The molecule has 10 heteroatoms. The van der Waals surface area contributed by atoms with E-state index in [4.69, 9.17) is 14.4 Å². The van der Waals surface area contributed by atoms with Crippen LogP contribution >= 0.6 is 11.8 Å². The van der Waals surface area contributed by atoms with Gasteiger partial charge in [0.25, 0.3) is 5.91 Å². The minimum absolute atomic E-state index is 0.00572. The maximum Gasteiger partial charge on any atom is 0.498 e. The molecular formula is C19H30BN3O5S. The van der Waals surface area contributed by atoms with E-state index in [-0.39, 0.29) is 6.04 Å². The van der Waals surface area contributed by atoms with Gasteiger partial charge in [0, 0.05) is 36.2 Å². The van der Waals surface area contributed by atoms with Crippen molar-refractivity contribution in [3.63, 3.8) is 0 Å². The molecule has 29 heavy (non-hydrogen) atoms. The number of piperidine rings is 1. The van der Waals surface area contributed by atoms with E-state index < -0.39 is 36.9 Å². The van der Waals surface area contributed by atoms with Crippen LogP contribution in [0.5, 0.6) is 0 Å². The normalized spacial score (nSPS) is 24.6. The Labute approximate surface area is 176 Å². The average molecular weight is 423 g/mol. The lowest BCUT2D eigenvalue weighted by atomic mass is 9.81. The smallest absolute Gasteiger partial charge is 0.399 e. The summed E-state index contributed by atoms with van der Waals surface area (Å²) in [6, 6.07) is -0.00572. The van der Waals surface area contributed by atoms with Crippen LogP contribution in [0.2, 0.25) is 0 Å². The molecule has 1 aromatic rings. The first-order valence-electron chi connectivity index (χ1n) is 10.0. The van der Waals surface area contributed by atoms with Crippen molar-refractivity contribution in [2.45, 2.75) is 75.5 Å². The van der Waals surface area contributed by atoms with Gasteiger partial charge in [0.05, 0.1) is 17.8 Å². The van der Waals surface area contributed by atoms with E-state index in [1.165, 1.54) is 11.8 Å². The van der Waals surface area contributed by atoms with Crippen molar-refractivity contribution in [3.8, 4) is 0 Å². The van der Waals surface area contributed by atoms with E-state index >= 15 is 0 Å². The molecule has 2 fully saturated rings. The second kappa shape index (κ2) is 8.89. The third-order valence-electron chi connectivity index (χ3n) is 5.95. The highest BCUT2D eigenvalue weighted by Gasteiger charge is 2.52. The number of carbonyl (C=O) groups excluding carboxylic acids is 1. The Bertz CT molecular complexity index is 702. The molecule has 0 saturated carbocycles. The van der Waals surface area contributed by atoms with Crippen LogP contribution in [-0.2, 0) is 14.1 Å². The van der Waals surface area contributed by atoms with Gasteiger partial charge >= 0.3 is 7.12 Å². The first kappa shape index (κ1) is 22.5. The second-order valence-corrected chi connectivity index (χ2v) is 9.56. The van der Waals surface area contributed by atoms with E-state index in [9.17, 15) is 9.90 Å². The number of aliphatic hydroxyl groups is 2. The van der Waals surface area contributed by atoms with Crippen LogP contribution in [0.25, 0.3) is 0 Å². The Morgan fingerprint density at radius 1 is 1.28 bits per heavy atom. The molecule has 3 rings (SSSR count). The van der Waals surface area contributed by atoms with Crippen molar-refractivity contribution in [2.75, 3.05) is 18.9 Å². The third-order valence-corrected chi connectivity index (χ3v) is 6.97. The molecule has 0 bridgehead atoms. The highest BCUT2D eigenvalue weighted by Crippen LogP contribution is 2.36. The van der Waals surface area contributed by atoms with Crippen LogP contribution in [0, 0.1) is 0 Å². The van der Waals surface area contributed by atoms with Gasteiger partial charge in [0.15, 0.2) is 11.3 Å². The number of thioether (sulfide) groups is 1. The fourth-order valence-corrected chi connectivity index (χ4v) is 4.35. The number of hydrogen-bond donors (Lipinski definition) is 2. The summed E-state index contributed by atoms with van der Waals surface area (Å²) in [5.41, 5.74) is -0.0592. The molecule has 160 valence electrons. The number of amides is 1. The van der Waals surface area contributed by atoms with Crippen LogP contribution < -0.4 is 5.46 Å². The van der Waals surface area contributed by atoms with Crippen LogP contribution in [0.1, 0.15) is 47.0 Å². The van der Waals surface area contributed by atoms with Crippen molar-refractivity contribution in [2.24, 2.45) is 0 Å². The molecule has 2 aliphatic heterocycles. The number of rotatable bonds is 6. The zero-order chi connectivity index (χ0) is 21.2. The van der Waals surface area contributed by atoms with Gasteiger partial charge in [-0.3, -0.25) is 4.79 Å². The Hall–Kier alpha value is -1.20. The Morgan fingerprint density at radius 2 is 1.90 bits per heavy atom. The standard InChI is InChI=1S/C19H30BN3O5S/c1-18(2)19(3,4)28-20(27-18)13-9-21-17(22-10-13)29-12-14-7-5-6-8-23(14)16(26)15(25)11-24/h9-10,14-15,24-25H,5-8,11-12H2,1-4H3/t14-,15+/m0/s1. The van der Waals surface area contributed by atoms with E-state index in [0.717, 1.165) is 24.7 Å². The van der Waals surface area contributed by atoms with E-state index in [2.05, 4.69) is 9.97 Å². The van der Waals surface area contributed by atoms with Gasteiger partial charge in [-0.2, -0.15) is 0 Å². The zero-order valence-electron chi connectivity index (χ0n) is 17.5. The number of nitrogens with zero attached hydrogens (tertiary/aromatic N) is 3. The average Bonchev–Trinajstić information content (AvgIpc) is 2.93. The molecule has 3 heterocycles. The highest BCUT2D eigenvalue weighted by molar-refractivity contribution is 7.99. The van der Waals surface area contributed by atoms with Gasteiger partial charge in [-0.1, -0.05) is 11.8 Å². The van der Waals surface area contributed by atoms with Crippen molar-refractivity contribution < 1.29 is 24.3 Å². The maximum absolute atomic E-state index is 12.3. The summed E-state index contributed by atoms with van der Waals surface area (Å²) in [6.07, 6.45) is 4.89. The molecule has 0 spiro atoms. The minimum atomic E-state index is -1.35. The zero-order valence-corrected chi connectivity index (χ0v) is 18.3. The lowest BCUT2D eigenvalue weighted by Crippen LogP contribution is -2.50. The predicted octanol–water partition coefficient (Wildman–Crippen LogP) is 0.602. The maximum atomic E-state index is 12.3. The number of hydrogen-bond acceptors (Lipinski definition) is 8. The molecule has 2 atom stereocenters. The summed E-state index contributed by atoms with van der Waals surface area (Å²) < 4.78 is 12.0. The van der Waals surface area contributed by atoms with Crippen LogP contribution in [0.4, 0.5) is 0 Å². The Balaban J connectivity index is 1.59. The second-order valence-electron chi connectivity index (χ2n) is 8.58. The topological polar surface area (TPSA) is 105 Å². The molecule has 8 nitrogen and oxygen atoms in total. The van der Waals surface area contributed by atoms with E-state index in [0.29, 0.717) is 17.5 Å². The third kappa shape index (κ3) is 4.94. The molecule has 0 aromatic carbocycles. The van der Waals surface area contributed by atoms with Crippen LogP contribution in [0.15, 0.2) is 17.6 Å². The molecular weight excluding hydrogens is 393 g/mol. The largest absolute Gasteiger partial charge is 0.498 e. The Kier molecular flexibility index (Phi) is 6.90. The molecule has 2 saturated heterocycles. The number of carbonyl (C=O) groups is 1. The number of aromatic nitrogens is 2. The van der Waals surface area contributed by atoms with Gasteiger partial charge in [-0.15, -0.1) is 0 Å². The summed E-state index contributed by atoms with van der Waals surface area (Å²) in [7, 11) is -0.495. The molecule has 0 unspecified atom stereocenters. The van der Waals surface area contributed by atoms with Gasteiger partial charge in [0.1, 0.15) is 0 Å². The van der Waals surface area contributed by atoms with Crippen molar-refractivity contribution in [3.05, 3.63) is 12.4 Å². The molecule has 0 radical (unpaired) electrons. The molecule has 1 amide bonds. The highest BCUT2D eigenvalue weighted by atomic mass is 32.2. The number of likely N-dealkylation sites (tertiary alicyclic amines) is 1. The summed E-state index contributed by atoms with van der Waals surface area (Å²) in [5.74, 6) is 0.231. The van der Waals surface area contributed by atoms with Gasteiger partial charge in [0.2, 0.25) is 0 Å². The first-order valence-corrected chi connectivity index (χ1v) is 11.0. The summed E-state index contributed by atoms with van der Waals surface area (Å²) in [6.45, 7) is 8.06. The van der Waals surface area contributed by atoms with E-state index in [1.54, 1.807) is 17.3 Å². The summed E-state index contributed by atoms with van der Waals surface area (Å²) >= 11 is 1.48.